The van der Waals surface area contributed by atoms with Crippen LogP contribution in [-0.4, -0.2) is 59.2 Å². The SMILES string of the molecule is NC1CN(c2cncc(-c3cc4c(-c5nc6ccncc6[nH]5)n[nH]c4cn3)n2)C1. The topological polar surface area (TPSA) is 138 Å². The standard InChI is InChI=1S/C19H16N10/c20-10-8-29(9-10)17-7-22-5-16(24-17)13-3-11-14(6-23-13)27-28-18(11)19-25-12-1-2-21-4-15(12)26-19/h1-7,10H,8-9,20H2,(H,25,26)(H,27,28). The summed E-state index contributed by atoms with van der Waals surface area (Å²) in [4.78, 5) is 27.7. The lowest BCUT2D eigenvalue weighted by Crippen LogP contribution is -2.56. The Hall–Kier alpha value is -3.92. The number of nitrogens with zero attached hydrogens (tertiary/aromatic N) is 7. The minimum atomic E-state index is 0.197. The number of imidazole rings is 1. The van der Waals surface area contributed by atoms with Crippen molar-refractivity contribution in [1.29, 1.82) is 0 Å². The van der Waals surface area contributed by atoms with Gasteiger partial charge in [-0.15, -0.1) is 0 Å². The fraction of sp³-hybridized carbons (Fsp3) is 0.158. The highest BCUT2D eigenvalue weighted by molar-refractivity contribution is 5.94. The zero-order valence-corrected chi connectivity index (χ0v) is 15.2. The molecule has 5 aromatic rings. The van der Waals surface area contributed by atoms with E-state index in [-0.39, 0.29) is 6.04 Å². The van der Waals surface area contributed by atoms with Crippen LogP contribution < -0.4 is 10.6 Å². The van der Waals surface area contributed by atoms with Gasteiger partial charge in [-0.1, -0.05) is 0 Å². The smallest absolute Gasteiger partial charge is 0.159 e. The molecule has 0 aliphatic carbocycles. The quantitative estimate of drug-likeness (QED) is 0.425. The van der Waals surface area contributed by atoms with E-state index < -0.39 is 0 Å². The van der Waals surface area contributed by atoms with Crippen molar-refractivity contribution >= 4 is 27.8 Å². The summed E-state index contributed by atoms with van der Waals surface area (Å²) in [5.74, 6) is 1.48. The van der Waals surface area contributed by atoms with E-state index in [1.165, 1.54) is 0 Å². The molecule has 142 valence electrons. The average Bonchev–Trinajstić information content (AvgIpc) is 3.34. The lowest BCUT2D eigenvalue weighted by atomic mass is 10.1. The molecule has 0 aromatic carbocycles. The van der Waals surface area contributed by atoms with Crippen LogP contribution in [0.3, 0.4) is 0 Å². The second-order valence-electron chi connectivity index (χ2n) is 7.09. The third-order valence-electron chi connectivity index (χ3n) is 5.07. The summed E-state index contributed by atoms with van der Waals surface area (Å²) >= 11 is 0. The van der Waals surface area contributed by atoms with E-state index in [2.05, 4.69) is 40.0 Å². The summed E-state index contributed by atoms with van der Waals surface area (Å²) in [6.45, 7) is 1.58. The van der Waals surface area contributed by atoms with Gasteiger partial charge in [-0.25, -0.2) is 9.97 Å². The van der Waals surface area contributed by atoms with Gasteiger partial charge in [-0.3, -0.25) is 20.1 Å². The van der Waals surface area contributed by atoms with Gasteiger partial charge >= 0.3 is 0 Å². The Bertz CT molecular complexity index is 1310. The Labute approximate surface area is 164 Å². The first-order valence-corrected chi connectivity index (χ1v) is 9.22. The number of rotatable bonds is 3. The van der Waals surface area contributed by atoms with Crippen LogP contribution in [0.4, 0.5) is 5.82 Å². The fourth-order valence-corrected chi connectivity index (χ4v) is 3.54. The Morgan fingerprint density at radius 2 is 1.93 bits per heavy atom. The molecule has 5 aromatic heterocycles. The second-order valence-corrected chi connectivity index (χ2v) is 7.09. The van der Waals surface area contributed by atoms with Crippen molar-refractivity contribution < 1.29 is 0 Å². The molecule has 0 spiro atoms. The average molecular weight is 384 g/mol. The normalized spacial score (nSPS) is 14.6. The summed E-state index contributed by atoms with van der Waals surface area (Å²) < 4.78 is 0. The van der Waals surface area contributed by atoms with Crippen molar-refractivity contribution in [3.63, 3.8) is 0 Å². The maximum atomic E-state index is 5.88. The van der Waals surface area contributed by atoms with Crippen LogP contribution in [0.1, 0.15) is 0 Å². The molecule has 6 rings (SSSR count). The molecule has 1 aliphatic rings. The first-order chi connectivity index (χ1) is 14.2. The summed E-state index contributed by atoms with van der Waals surface area (Å²) in [6.07, 6.45) is 8.67. The Kier molecular flexibility index (Phi) is 3.35. The van der Waals surface area contributed by atoms with Crippen LogP contribution in [0, 0.1) is 0 Å². The highest BCUT2D eigenvalue weighted by Gasteiger charge is 2.25. The summed E-state index contributed by atoms with van der Waals surface area (Å²) in [5, 5.41) is 8.35. The van der Waals surface area contributed by atoms with Crippen LogP contribution in [0.15, 0.2) is 43.1 Å². The molecule has 1 aliphatic heterocycles. The number of anilines is 1. The van der Waals surface area contributed by atoms with E-state index in [9.17, 15) is 0 Å². The first kappa shape index (κ1) is 16.1. The van der Waals surface area contributed by atoms with Gasteiger partial charge < -0.3 is 15.6 Å². The van der Waals surface area contributed by atoms with Gasteiger partial charge in [0.15, 0.2) is 5.82 Å². The predicted molar refractivity (Wildman–Crippen MR) is 108 cm³/mol. The highest BCUT2D eigenvalue weighted by Crippen LogP contribution is 2.29. The van der Waals surface area contributed by atoms with Crippen molar-refractivity contribution in [3.8, 4) is 22.9 Å². The van der Waals surface area contributed by atoms with Gasteiger partial charge in [0.05, 0.1) is 47.0 Å². The monoisotopic (exact) mass is 384 g/mol. The third-order valence-corrected chi connectivity index (χ3v) is 5.07. The Balaban J connectivity index is 1.43. The maximum absolute atomic E-state index is 5.88. The first-order valence-electron chi connectivity index (χ1n) is 9.22. The van der Waals surface area contributed by atoms with E-state index in [1.807, 2.05) is 12.1 Å². The predicted octanol–water partition coefficient (Wildman–Crippen LogP) is 1.50. The third kappa shape index (κ3) is 2.61. The van der Waals surface area contributed by atoms with Crippen molar-refractivity contribution in [1.82, 2.24) is 40.1 Å². The van der Waals surface area contributed by atoms with Crippen LogP contribution >= 0.6 is 0 Å². The second kappa shape index (κ2) is 6.04. The molecule has 1 saturated heterocycles. The minimum absolute atomic E-state index is 0.197. The van der Waals surface area contributed by atoms with E-state index >= 15 is 0 Å². The van der Waals surface area contributed by atoms with E-state index in [4.69, 9.17) is 10.7 Å². The Morgan fingerprint density at radius 1 is 1.00 bits per heavy atom. The molecule has 0 unspecified atom stereocenters. The molecule has 10 nitrogen and oxygen atoms in total. The maximum Gasteiger partial charge on any atom is 0.159 e. The highest BCUT2D eigenvalue weighted by atomic mass is 15.3. The molecule has 0 amide bonds. The zero-order chi connectivity index (χ0) is 19.4. The zero-order valence-electron chi connectivity index (χ0n) is 15.2. The molecule has 0 bridgehead atoms. The van der Waals surface area contributed by atoms with Gasteiger partial charge in [0.1, 0.15) is 17.2 Å². The molecule has 29 heavy (non-hydrogen) atoms. The van der Waals surface area contributed by atoms with Crippen LogP contribution in [-0.2, 0) is 0 Å². The largest absolute Gasteiger partial charge is 0.352 e. The lowest BCUT2D eigenvalue weighted by molar-refractivity contribution is 0.514. The molecule has 10 heteroatoms. The molecule has 4 N–H and O–H groups in total. The van der Waals surface area contributed by atoms with E-state index in [0.29, 0.717) is 11.5 Å². The van der Waals surface area contributed by atoms with E-state index in [0.717, 1.165) is 52.2 Å². The number of nitrogens with one attached hydrogen (secondary N) is 2. The van der Waals surface area contributed by atoms with Crippen molar-refractivity contribution in [3.05, 3.63) is 43.1 Å². The van der Waals surface area contributed by atoms with Gasteiger partial charge in [-0.05, 0) is 12.1 Å². The lowest BCUT2D eigenvalue weighted by Gasteiger charge is -2.37. The molecular weight excluding hydrogens is 368 g/mol. The van der Waals surface area contributed by atoms with Crippen molar-refractivity contribution in [2.45, 2.75) is 6.04 Å². The Morgan fingerprint density at radius 3 is 2.79 bits per heavy atom. The van der Waals surface area contributed by atoms with E-state index in [1.54, 1.807) is 31.0 Å². The van der Waals surface area contributed by atoms with Gasteiger partial charge in [-0.2, -0.15) is 5.10 Å². The van der Waals surface area contributed by atoms with Crippen molar-refractivity contribution in [2.24, 2.45) is 5.73 Å². The van der Waals surface area contributed by atoms with Crippen molar-refractivity contribution in [2.75, 3.05) is 18.0 Å². The number of aromatic amines is 2. The number of hydrogen-bond acceptors (Lipinski definition) is 8. The fourth-order valence-electron chi connectivity index (χ4n) is 3.54. The number of fused-ring (bicyclic) bond motifs is 2. The molecular formula is C19H16N10. The molecule has 0 radical (unpaired) electrons. The number of nitrogens with two attached hydrogens (primary N) is 1. The van der Waals surface area contributed by atoms with Crippen LogP contribution in [0.25, 0.3) is 44.8 Å². The number of H-pyrrole nitrogens is 2. The summed E-state index contributed by atoms with van der Waals surface area (Å²) in [7, 11) is 0. The number of pyridine rings is 2. The van der Waals surface area contributed by atoms with Gasteiger partial charge in [0.2, 0.25) is 0 Å². The summed E-state index contributed by atoms with van der Waals surface area (Å²) in [5.41, 5.74) is 10.5. The van der Waals surface area contributed by atoms with Gasteiger partial charge in [0.25, 0.3) is 0 Å². The number of hydrogen-bond donors (Lipinski definition) is 3. The molecule has 0 atom stereocenters. The van der Waals surface area contributed by atoms with Gasteiger partial charge in [0, 0.05) is 30.7 Å². The van der Waals surface area contributed by atoms with Crippen LogP contribution in [0.2, 0.25) is 0 Å². The molecule has 0 saturated carbocycles. The number of aromatic nitrogens is 8. The van der Waals surface area contributed by atoms with Crippen LogP contribution in [0.5, 0.6) is 0 Å². The molecule has 6 heterocycles. The molecule has 1 fully saturated rings. The minimum Gasteiger partial charge on any atom is -0.352 e. The summed E-state index contributed by atoms with van der Waals surface area (Å²) in [6, 6.07) is 4.01.